The van der Waals surface area contributed by atoms with E-state index in [2.05, 4.69) is 21.2 Å². The number of thioether (sulfide) groups is 1. The molecular weight excluding hydrogens is 528 g/mol. The van der Waals surface area contributed by atoms with Crippen LogP contribution in [0.15, 0.2) is 51.8 Å². The molecule has 2 aromatic rings. The van der Waals surface area contributed by atoms with Crippen LogP contribution in [-0.4, -0.2) is 54.8 Å². The number of anilines is 1. The molecule has 1 saturated heterocycles. The number of halogens is 1. The van der Waals surface area contributed by atoms with Crippen LogP contribution in [-0.2, 0) is 19.1 Å². The van der Waals surface area contributed by atoms with Crippen molar-refractivity contribution in [3.8, 4) is 11.5 Å². The monoisotopic (exact) mass is 548 g/mol. The van der Waals surface area contributed by atoms with Crippen LogP contribution < -0.4 is 14.8 Å². The topological polar surface area (TPSA) is 111 Å². The fourth-order valence-corrected chi connectivity index (χ4v) is 4.17. The smallest absolute Gasteiger partial charge is 0.326 e. The molecule has 0 bridgehead atoms. The van der Waals surface area contributed by atoms with Crippen LogP contribution in [0, 0.1) is 0 Å². The maximum atomic E-state index is 12.6. The highest BCUT2D eigenvalue weighted by Gasteiger charge is 2.36. The Balaban J connectivity index is 1.72. The minimum atomic E-state index is -0.660. The van der Waals surface area contributed by atoms with E-state index in [1.54, 1.807) is 43.3 Å². The molecule has 0 aliphatic carbocycles. The van der Waals surface area contributed by atoms with Crippen molar-refractivity contribution < 1.29 is 33.4 Å². The highest BCUT2D eigenvalue weighted by molar-refractivity contribution is 9.10. The summed E-state index contributed by atoms with van der Waals surface area (Å²) in [6.07, 6.45) is 1.51. The van der Waals surface area contributed by atoms with Crippen molar-refractivity contribution in [3.05, 3.63) is 57.4 Å². The van der Waals surface area contributed by atoms with E-state index >= 15 is 0 Å². The first-order valence-corrected chi connectivity index (χ1v) is 11.7. The molecule has 9 nitrogen and oxygen atoms in total. The second kappa shape index (κ2) is 11.7. The van der Waals surface area contributed by atoms with Crippen LogP contribution >= 0.6 is 27.7 Å². The minimum absolute atomic E-state index is 0.146. The van der Waals surface area contributed by atoms with Crippen LogP contribution in [0.4, 0.5) is 10.5 Å². The molecule has 11 heteroatoms. The first-order valence-electron chi connectivity index (χ1n) is 10.1. The summed E-state index contributed by atoms with van der Waals surface area (Å²) in [5.74, 6) is -0.958. The van der Waals surface area contributed by atoms with Gasteiger partial charge < -0.3 is 19.5 Å². The molecule has 0 unspecified atom stereocenters. The Hall–Kier alpha value is -3.31. The molecule has 34 heavy (non-hydrogen) atoms. The van der Waals surface area contributed by atoms with E-state index in [4.69, 9.17) is 14.2 Å². The number of esters is 1. The lowest BCUT2D eigenvalue weighted by molar-refractivity contribution is -0.146. The van der Waals surface area contributed by atoms with Crippen LogP contribution in [0.25, 0.3) is 6.08 Å². The second-order valence-corrected chi connectivity index (χ2v) is 8.65. The highest BCUT2D eigenvalue weighted by Crippen LogP contribution is 2.38. The molecule has 1 N–H and O–H groups in total. The molecule has 3 rings (SSSR count). The summed E-state index contributed by atoms with van der Waals surface area (Å²) in [4.78, 5) is 49.6. The quantitative estimate of drug-likeness (QED) is 0.368. The number of rotatable bonds is 9. The lowest BCUT2D eigenvalue weighted by Crippen LogP contribution is -2.34. The number of nitrogens with zero attached hydrogens (tertiary/aromatic N) is 1. The van der Waals surface area contributed by atoms with Gasteiger partial charge in [0.1, 0.15) is 6.54 Å². The molecule has 0 saturated carbocycles. The Morgan fingerprint density at radius 2 is 1.88 bits per heavy atom. The molecule has 0 radical (unpaired) electrons. The molecule has 0 aromatic heterocycles. The summed E-state index contributed by atoms with van der Waals surface area (Å²) in [7, 11) is 1.44. The van der Waals surface area contributed by atoms with Crippen molar-refractivity contribution in [2.45, 2.75) is 6.92 Å². The maximum absolute atomic E-state index is 12.6. The normalized spacial score (nSPS) is 14.3. The standard InChI is InChI=1S/C23H21BrN2O7S/c1-3-32-21(28)12-26-22(29)19(34-23(26)30)10-14-9-17(31-2)18(11-16(14)24)33-13-20(27)25-15-7-5-4-6-8-15/h4-11H,3,12-13H2,1-2H3,(H,25,27)/b19-10+. The Labute approximate surface area is 208 Å². The third kappa shape index (κ3) is 6.39. The fraction of sp³-hybridized carbons (Fsp3) is 0.217. The number of methoxy groups -OCH3 is 1. The van der Waals surface area contributed by atoms with E-state index < -0.39 is 23.7 Å². The number of nitrogens with one attached hydrogen (secondary N) is 1. The van der Waals surface area contributed by atoms with Gasteiger partial charge in [-0.3, -0.25) is 24.1 Å². The zero-order valence-electron chi connectivity index (χ0n) is 18.3. The zero-order valence-corrected chi connectivity index (χ0v) is 20.7. The van der Waals surface area contributed by atoms with Crippen molar-refractivity contribution >= 4 is 62.5 Å². The number of para-hydroxylation sites is 1. The Morgan fingerprint density at radius 3 is 2.56 bits per heavy atom. The Kier molecular flexibility index (Phi) is 8.72. The molecule has 0 spiro atoms. The number of ether oxygens (including phenoxy) is 3. The zero-order chi connectivity index (χ0) is 24.7. The van der Waals surface area contributed by atoms with Gasteiger partial charge in [0, 0.05) is 10.2 Å². The van der Waals surface area contributed by atoms with Gasteiger partial charge in [0.25, 0.3) is 17.1 Å². The average molecular weight is 549 g/mol. The third-order valence-corrected chi connectivity index (χ3v) is 6.05. The molecule has 1 aliphatic rings. The van der Waals surface area contributed by atoms with E-state index in [1.807, 2.05) is 6.07 Å². The van der Waals surface area contributed by atoms with Gasteiger partial charge >= 0.3 is 5.97 Å². The molecule has 1 heterocycles. The van der Waals surface area contributed by atoms with Crippen molar-refractivity contribution in [2.24, 2.45) is 0 Å². The fourth-order valence-electron chi connectivity index (χ4n) is 2.91. The summed E-state index contributed by atoms with van der Waals surface area (Å²) < 4.78 is 16.3. The summed E-state index contributed by atoms with van der Waals surface area (Å²) in [5, 5.41) is 2.16. The predicted molar refractivity (Wildman–Crippen MR) is 131 cm³/mol. The van der Waals surface area contributed by atoms with Crippen molar-refractivity contribution in [1.82, 2.24) is 4.90 Å². The number of imide groups is 1. The van der Waals surface area contributed by atoms with Gasteiger partial charge in [0.15, 0.2) is 18.1 Å². The van der Waals surface area contributed by atoms with E-state index in [-0.39, 0.29) is 24.0 Å². The number of carbonyl (C=O) groups is 4. The largest absolute Gasteiger partial charge is 0.493 e. The van der Waals surface area contributed by atoms with Crippen molar-refractivity contribution in [3.63, 3.8) is 0 Å². The van der Waals surface area contributed by atoms with Crippen LogP contribution in [0.2, 0.25) is 0 Å². The SMILES string of the molecule is CCOC(=O)CN1C(=O)S/C(=C/c2cc(OC)c(OCC(=O)Nc3ccccc3)cc2Br)C1=O. The van der Waals surface area contributed by atoms with Crippen molar-refractivity contribution in [2.75, 3.05) is 32.2 Å². The van der Waals surface area contributed by atoms with Crippen LogP contribution in [0.5, 0.6) is 11.5 Å². The highest BCUT2D eigenvalue weighted by atomic mass is 79.9. The van der Waals surface area contributed by atoms with Gasteiger partial charge in [-0.1, -0.05) is 34.1 Å². The van der Waals surface area contributed by atoms with Crippen molar-refractivity contribution in [1.29, 1.82) is 0 Å². The molecule has 1 fully saturated rings. The van der Waals surface area contributed by atoms with Gasteiger partial charge in [0.2, 0.25) is 0 Å². The number of amides is 3. The minimum Gasteiger partial charge on any atom is -0.493 e. The van der Waals surface area contributed by atoms with Gasteiger partial charge in [-0.15, -0.1) is 0 Å². The van der Waals surface area contributed by atoms with Gasteiger partial charge in [-0.05, 0) is 54.6 Å². The first-order chi connectivity index (χ1) is 16.3. The molecule has 3 amide bonds. The van der Waals surface area contributed by atoms with E-state index in [9.17, 15) is 19.2 Å². The lowest BCUT2D eigenvalue weighted by atomic mass is 10.2. The van der Waals surface area contributed by atoms with Gasteiger partial charge in [-0.25, -0.2) is 0 Å². The van der Waals surface area contributed by atoms with Crippen LogP contribution in [0.1, 0.15) is 12.5 Å². The molecule has 1 aliphatic heterocycles. The van der Waals surface area contributed by atoms with Crippen LogP contribution in [0.3, 0.4) is 0 Å². The Morgan fingerprint density at radius 1 is 1.15 bits per heavy atom. The third-order valence-electron chi connectivity index (χ3n) is 4.45. The summed E-state index contributed by atoms with van der Waals surface area (Å²) in [5.41, 5.74) is 1.19. The van der Waals surface area contributed by atoms with E-state index in [0.29, 0.717) is 27.2 Å². The van der Waals surface area contributed by atoms with E-state index in [1.165, 1.54) is 13.2 Å². The van der Waals surface area contributed by atoms with Gasteiger partial charge in [-0.2, -0.15) is 0 Å². The number of benzene rings is 2. The first kappa shape index (κ1) is 25.3. The van der Waals surface area contributed by atoms with Gasteiger partial charge in [0.05, 0.1) is 18.6 Å². The predicted octanol–water partition coefficient (Wildman–Crippen LogP) is 4.07. The maximum Gasteiger partial charge on any atom is 0.326 e. The molecular formula is C23H21BrN2O7S. The lowest BCUT2D eigenvalue weighted by Gasteiger charge is -2.13. The molecule has 2 aromatic carbocycles. The van der Waals surface area contributed by atoms with E-state index in [0.717, 1.165) is 16.7 Å². The summed E-state index contributed by atoms with van der Waals surface area (Å²) in [6.45, 7) is 1.10. The molecule has 0 atom stereocenters. The summed E-state index contributed by atoms with van der Waals surface area (Å²) in [6, 6.07) is 12.2. The number of hydrogen-bond acceptors (Lipinski definition) is 8. The Bertz CT molecular complexity index is 1140. The second-order valence-electron chi connectivity index (χ2n) is 6.80. The number of carbonyl (C=O) groups excluding carboxylic acids is 4. The molecule has 178 valence electrons. The number of hydrogen-bond donors (Lipinski definition) is 1. The average Bonchev–Trinajstić information content (AvgIpc) is 3.07. The summed E-state index contributed by atoms with van der Waals surface area (Å²) >= 11 is 4.14.